The maximum absolute atomic E-state index is 12.8. The summed E-state index contributed by atoms with van der Waals surface area (Å²) in [5.41, 5.74) is 0. The van der Waals surface area contributed by atoms with Crippen LogP contribution < -0.4 is 0 Å². The van der Waals surface area contributed by atoms with E-state index >= 15 is 0 Å². The normalized spacial score (nSPS) is 34.0. The molecule has 0 aromatic carbocycles. The number of amides is 2. The Kier molecular flexibility index (Phi) is 5.41. The number of aliphatic imine (C=N–C) groups is 1. The Labute approximate surface area is 181 Å². The van der Waals surface area contributed by atoms with Crippen LogP contribution in [0.2, 0.25) is 0 Å². The average Bonchev–Trinajstić information content (AvgIpc) is 3.50. The van der Waals surface area contributed by atoms with Crippen LogP contribution in [0.4, 0.5) is 0 Å². The zero-order valence-corrected chi connectivity index (χ0v) is 18.4. The highest BCUT2D eigenvalue weighted by atomic mass is 32.2. The van der Waals surface area contributed by atoms with E-state index in [2.05, 4.69) is 27.4 Å². The molecule has 2 saturated carbocycles. The van der Waals surface area contributed by atoms with Crippen molar-refractivity contribution in [1.29, 1.82) is 0 Å². The minimum absolute atomic E-state index is 0.0507. The number of tetrazole rings is 1. The molecule has 2 amide bonds. The lowest BCUT2D eigenvalue weighted by Gasteiger charge is -2.35. The second-order valence-corrected chi connectivity index (χ2v) is 11.4. The second kappa shape index (κ2) is 8.05. The maximum atomic E-state index is 12.8. The summed E-state index contributed by atoms with van der Waals surface area (Å²) in [7, 11) is 0. The summed E-state index contributed by atoms with van der Waals surface area (Å²) in [6, 6.07) is 0. The van der Waals surface area contributed by atoms with Gasteiger partial charge in [-0.2, -0.15) is 0 Å². The number of nitrogens with zero attached hydrogens (tertiary/aromatic N) is 6. The number of thioether (sulfide) groups is 1. The second-order valence-electron chi connectivity index (χ2n) is 9.82. The van der Waals surface area contributed by atoms with Gasteiger partial charge < -0.3 is 4.90 Å². The minimum Gasteiger partial charge on any atom is -0.341 e. The predicted molar refractivity (Wildman–Crippen MR) is 114 cm³/mol. The third-order valence-corrected chi connectivity index (χ3v) is 8.96. The number of carbonyl (C=O) groups excluding carboxylic acids is 2. The smallest absolute Gasteiger partial charge is 0.262 e. The van der Waals surface area contributed by atoms with E-state index in [0.717, 1.165) is 61.6 Å². The Balaban J connectivity index is 1.10. The Bertz CT molecular complexity index is 835. The molecule has 1 aromatic rings. The molecule has 30 heavy (non-hydrogen) atoms. The molecule has 2 bridgehead atoms. The van der Waals surface area contributed by atoms with Gasteiger partial charge in [0.05, 0.1) is 5.04 Å². The monoisotopic (exact) mass is 430 g/mol. The molecule has 3 heterocycles. The van der Waals surface area contributed by atoms with Gasteiger partial charge in [-0.15, -0.1) is 5.10 Å². The van der Waals surface area contributed by atoms with Crippen LogP contribution in [0, 0.1) is 23.7 Å². The van der Waals surface area contributed by atoms with Crippen LogP contribution in [-0.4, -0.2) is 59.8 Å². The van der Waals surface area contributed by atoms with Crippen molar-refractivity contribution in [2.24, 2.45) is 28.7 Å². The van der Waals surface area contributed by atoms with Crippen molar-refractivity contribution in [3.8, 4) is 0 Å². The summed E-state index contributed by atoms with van der Waals surface area (Å²) in [5.74, 6) is 3.12. The summed E-state index contributed by atoms with van der Waals surface area (Å²) in [5, 5.41) is 12.0. The van der Waals surface area contributed by atoms with Crippen LogP contribution in [0.5, 0.6) is 0 Å². The summed E-state index contributed by atoms with van der Waals surface area (Å²) >= 11 is 1.73. The third-order valence-electron chi connectivity index (χ3n) is 7.68. The first-order valence-corrected chi connectivity index (χ1v) is 12.1. The highest BCUT2D eigenvalue weighted by Crippen LogP contribution is 2.51. The fourth-order valence-electron chi connectivity index (χ4n) is 6.05. The lowest BCUT2D eigenvalue weighted by molar-refractivity contribution is -0.133. The van der Waals surface area contributed by atoms with Gasteiger partial charge >= 0.3 is 0 Å². The molecule has 162 valence electrons. The number of aromatic nitrogens is 4. The molecule has 1 saturated heterocycles. The topological polar surface area (TPSA) is 93.3 Å². The van der Waals surface area contributed by atoms with Gasteiger partial charge in [-0.05, 0) is 86.0 Å². The van der Waals surface area contributed by atoms with Gasteiger partial charge in [0.25, 0.3) is 5.91 Å². The summed E-state index contributed by atoms with van der Waals surface area (Å²) in [6.07, 6.45) is 10.7. The fraction of sp³-hybridized carbons (Fsp3) is 0.810. The molecule has 2 aliphatic carbocycles. The number of piperidine rings is 1. The van der Waals surface area contributed by atoms with Crippen molar-refractivity contribution in [3.05, 3.63) is 6.33 Å². The maximum Gasteiger partial charge on any atom is 0.262 e. The Morgan fingerprint density at radius 2 is 2.07 bits per heavy atom. The quantitative estimate of drug-likeness (QED) is 0.689. The van der Waals surface area contributed by atoms with Crippen LogP contribution in [0.25, 0.3) is 0 Å². The van der Waals surface area contributed by atoms with Crippen LogP contribution in [0.3, 0.4) is 0 Å². The highest BCUT2D eigenvalue weighted by molar-refractivity contribution is 8.16. The molecule has 9 heteroatoms. The molecule has 0 radical (unpaired) electrons. The molecule has 4 atom stereocenters. The highest BCUT2D eigenvalue weighted by Gasteiger charge is 2.45. The molecule has 1 unspecified atom stereocenters. The number of carbonyl (C=O) groups is 2. The predicted octanol–water partition coefficient (Wildman–Crippen LogP) is 2.56. The van der Waals surface area contributed by atoms with E-state index in [1.165, 1.54) is 36.7 Å². The summed E-state index contributed by atoms with van der Waals surface area (Å²) in [4.78, 5) is 31.6. The van der Waals surface area contributed by atoms with E-state index in [-0.39, 0.29) is 18.4 Å². The number of likely N-dealkylation sites (tertiary alicyclic amines) is 1. The van der Waals surface area contributed by atoms with Crippen LogP contribution in [0.1, 0.15) is 58.3 Å². The van der Waals surface area contributed by atoms with Gasteiger partial charge in [-0.1, -0.05) is 18.2 Å². The molecular weight excluding hydrogens is 400 g/mol. The number of hydrogen-bond acceptors (Lipinski definition) is 6. The van der Waals surface area contributed by atoms with Gasteiger partial charge in [-0.25, -0.2) is 9.67 Å². The minimum atomic E-state index is -0.420. The molecule has 2 aliphatic heterocycles. The van der Waals surface area contributed by atoms with Crippen molar-refractivity contribution in [2.45, 2.75) is 69.6 Å². The number of rotatable bonds is 6. The molecule has 3 fully saturated rings. The van der Waals surface area contributed by atoms with E-state index in [1.807, 2.05) is 4.90 Å². The molecule has 8 nitrogen and oxygen atoms in total. The van der Waals surface area contributed by atoms with Gasteiger partial charge in [0.2, 0.25) is 5.91 Å². The van der Waals surface area contributed by atoms with E-state index in [0.29, 0.717) is 5.92 Å². The zero-order valence-electron chi connectivity index (χ0n) is 17.6. The van der Waals surface area contributed by atoms with Crippen molar-refractivity contribution in [1.82, 2.24) is 25.1 Å². The van der Waals surface area contributed by atoms with Crippen molar-refractivity contribution < 1.29 is 9.59 Å². The SMILES string of the molecule is CC1(CC2CCN(C(=O)Cn3cnnn3)CC2)SC(C[C@H]2C[C@@H]3CC[C@H]2C3)=NC1=O. The third kappa shape index (κ3) is 4.05. The summed E-state index contributed by atoms with van der Waals surface area (Å²) < 4.78 is 1.04. The van der Waals surface area contributed by atoms with Gasteiger partial charge in [0.1, 0.15) is 17.6 Å². The first-order valence-electron chi connectivity index (χ1n) is 11.3. The van der Waals surface area contributed by atoms with Crippen LogP contribution in [-0.2, 0) is 16.1 Å². The lowest BCUT2D eigenvalue weighted by atomic mass is 9.86. The first-order chi connectivity index (χ1) is 14.5. The van der Waals surface area contributed by atoms with Gasteiger partial charge in [0.15, 0.2) is 0 Å². The molecule has 0 N–H and O–H groups in total. The van der Waals surface area contributed by atoms with Crippen molar-refractivity contribution in [3.63, 3.8) is 0 Å². The molecule has 1 aromatic heterocycles. The molecule has 5 rings (SSSR count). The molecule has 4 aliphatic rings. The summed E-state index contributed by atoms with van der Waals surface area (Å²) in [6.45, 7) is 3.73. The number of fused-ring (bicyclic) bond motifs is 2. The fourth-order valence-corrected chi connectivity index (χ4v) is 7.45. The van der Waals surface area contributed by atoms with Crippen LogP contribution >= 0.6 is 11.8 Å². The Morgan fingerprint density at radius 1 is 1.23 bits per heavy atom. The zero-order chi connectivity index (χ0) is 20.7. The van der Waals surface area contributed by atoms with Gasteiger partial charge in [0, 0.05) is 13.1 Å². The Morgan fingerprint density at radius 3 is 2.73 bits per heavy atom. The van der Waals surface area contributed by atoms with E-state index in [4.69, 9.17) is 0 Å². The van der Waals surface area contributed by atoms with E-state index < -0.39 is 4.75 Å². The molecule has 0 spiro atoms. The van der Waals surface area contributed by atoms with Crippen molar-refractivity contribution in [2.75, 3.05) is 13.1 Å². The molecular formula is C21H30N6O2S. The van der Waals surface area contributed by atoms with Crippen LogP contribution in [0.15, 0.2) is 11.3 Å². The standard InChI is InChI=1S/C21H30N6O2S/c1-21(20(29)23-18(30-21)10-17-9-15-2-3-16(17)8-15)11-14-4-6-26(7-5-14)19(28)12-27-13-22-24-25-27/h13-17H,2-12H2,1H3/t15-,16+,17-,21?/m1/s1. The largest absolute Gasteiger partial charge is 0.341 e. The lowest BCUT2D eigenvalue weighted by Crippen LogP contribution is -2.42. The van der Waals surface area contributed by atoms with Crippen molar-refractivity contribution >= 4 is 28.6 Å². The van der Waals surface area contributed by atoms with Gasteiger partial charge in [-0.3, -0.25) is 9.59 Å². The average molecular weight is 431 g/mol. The van der Waals surface area contributed by atoms with E-state index in [9.17, 15) is 9.59 Å². The number of hydrogen-bond donors (Lipinski definition) is 0. The Hall–Kier alpha value is -1.77. The first kappa shape index (κ1) is 20.2. The van der Waals surface area contributed by atoms with E-state index in [1.54, 1.807) is 11.8 Å².